The first-order valence-electron chi connectivity index (χ1n) is 8.35. The van der Waals surface area contributed by atoms with Gasteiger partial charge in [-0.15, -0.1) is 6.58 Å². The van der Waals surface area contributed by atoms with Gasteiger partial charge in [0, 0.05) is 18.8 Å². The Morgan fingerprint density at radius 2 is 1.65 bits per heavy atom. The number of aromatic nitrogens is 2. The molecule has 0 bridgehead atoms. The number of imidazole rings is 1. The number of amides is 2. The Kier molecular flexibility index (Phi) is 4.34. The third-order valence-electron chi connectivity index (χ3n) is 4.36. The van der Waals surface area contributed by atoms with Crippen molar-refractivity contribution in [2.75, 3.05) is 12.3 Å². The van der Waals surface area contributed by atoms with Crippen molar-refractivity contribution >= 4 is 34.6 Å². The fourth-order valence-corrected chi connectivity index (χ4v) is 4.09. The summed E-state index contributed by atoms with van der Waals surface area (Å²) in [5.41, 5.74) is 2.95. The van der Waals surface area contributed by atoms with Gasteiger partial charge in [-0.3, -0.25) is 14.5 Å². The van der Waals surface area contributed by atoms with Gasteiger partial charge in [0.25, 0.3) is 11.8 Å². The van der Waals surface area contributed by atoms with Gasteiger partial charge in [-0.05, 0) is 24.3 Å². The third-order valence-corrected chi connectivity index (χ3v) is 5.31. The monoisotopic (exact) mass is 363 g/mol. The minimum Gasteiger partial charge on any atom is -0.315 e. The number of rotatable bonds is 6. The van der Waals surface area contributed by atoms with Gasteiger partial charge in [-0.25, -0.2) is 4.98 Å². The van der Waals surface area contributed by atoms with E-state index < -0.39 is 0 Å². The van der Waals surface area contributed by atoms with Crippen molar-refractivity contribution < 1.29 is 9.59 Å². The summed E-state index contributed by atoms with van der Waals surface area (Å²) in [6.45, 7) is 4.83. The van der Waals surface area contributed by atoms with E-state index in [9.17, 15) is 9.59 Å². The molecular weight excluding hydrogens is 346 g/mol. The van der Waals surface area contributed by atoms with Crippen molar-refractivity contribution in [3.63, 3.8) is 0 Å². The molecule has 5 nitrogen and oxygen atoms in total. The van der Waals surface area contributed by atoms with Gasteiger partial charge in [-0.2, -0.15) is 0 Å². The van der Waals surface area contributed by atoms with E-state index in [2.05, 4.69) is 16.1 Å². The number of thioether (sulfide) groups is 1. The zero-order chi connectivity index (χ0) is 18.1. The van der Waals surface area contributed by atoms with E-state index in [4.69, 9.17) is 0 Å². The SMILES string of the molecule is C=CCn1c(SCCN2C(=O)c3ccccc3C2=O)nc2ccccc21. The van der Waals surface area contributed by atoms with Gasteiger partial charge >= 0.3 is 0 Å². The van der Waals surface area contributed by atoms with Crippen molar-refractivity contribution in [2.45, 2.75) is 11.7 Å². The Morgan fingerprint density at radius 1 is 1.00 bits per heavy atom. The van der Waals surface area contributed by atoms with Crippen LogP contribution >= 0.6 is 11.8 Å². The summed E-state index contributed by atoms with van der Waals surface area (Å²) >= 11 is 1.54. The van der Waals surface area contributed by atoms with Gasteiger partial charge in [-0.1, -0.05) is 42.1 Å². The third kappa shape index (κ3) is 2.72. The van der Waals surface area contributed by atoms with Crippen LogP contribution in [0, 0.1) is 0 Å². The number of imide groups is 1. The molecule has 0 unspecified atom stereocenters. The van der Waals surface area contributed by atoms with E-state index in [0.29, 0.717) is 30.0 Å². The zero-order valence-electron chi connectivity index (χ0n) is 14.1. The highest BCUT2D eigenvalue weighted by Crippen LogP contribution is 2.26. The van der Waals surface area contributed by atoms with Gasteiger partial charge in [0.1, 0.15) is 0 Å². The van der Waals surface area contributed by atoms with Crippen LogP contribution in [0.3, 0.4) is 0 Å². The molecule has 2 heterocycles. The Bertz CT molecular complexity index is 990. The lowest BCUT2D eigenvalue weighted by Gasteiger charge is -2.13. The summed E-state index contributed by atoms with van der Waals surface area (Å²) in [6, 6.07) is 14.9. The number of fused-ring (bicyclic) bond motifs is 2. The van der Waals surface area contributed by atoms with Gasteiger partial charge < -0.3 is 4.57 Å². The topological polar surface area (TPSA) is 55.2 Å². The van der Waals surface area contributed by atoms with Crippen molar-refractivity contribution in [1.82, 2.24) is 14.5 Å². The first-order chi connectivity index (χ1) is 12.7. The quantitative estimate of drug-likeness (QED) is 0.381. The van der Waals surface area contributed by atoms with Crippen LogP contribution in [-0.2, 0) is 6.54 Å². The molecule has 0 aliphatic carbocycles. The van der Waals surface area contributed by atoms with E-state index in [1.807, 2.05) is 30.3 Å². The average molecular weight is 363 g/mol. The van der Waals surface area contributed by atoms with Crippen LogP contribution < -0.4 is 0 Å². The molecule has 0 atom stereocenters. The lowest BCUT2D eigenvalue weighted by Crippen LogP contribution is -2.31. The number of para-hydroxylation sites is 2. The van der Waals surface area contributed by atoms with Crippen molar-refractivity contribution in [2.24, 2.45) is 0 Å². The number of hydrogen-bond donors (Lipinski definition) is 0. The van der Waals surface area contributed by atoms with Crippen molar-refractivity contribution in [3.05, 3.63) is 72.3 Å². The maximum atomic E-state index is 12.4. The van der Waals surface area contributed by atoms with E-state index in [0.717, 1.165) is 16.2 Å². The fraction of sp³-hybridized carbons (Fsp3) is 0.150. The number of hydrogen-bond acceptors (Lipinski definition) is 4. The lowest BCUT2D eigenvalue weighted by molar-refractivity contribution is 0.0664. The second-order valence-electron chi connectivity index (χ2n) is 5.94. The summed E-state index contributed by atoms with van der Waals surface area (Å²) in [5.74, 6) is 0.156. The molecule has 1 aliphatic heterocycles. The molecule has 0 radical (unpaired) electrons. The maximum Gasteiger partial charge on any atom is 0.261 e. The molecule has 0 N–H and O–H groups in total. The number of carbonyl (C=O) groups is 2. The summed E-state index contributed by atoms with van der Waals surface area (Å²) in [7, 11) is 0. The van der Waals surface area contributed by atoms with Crippen LogP contribution in [0.4, 0.5) is 0 Å². The van der Waals surface area contributed by atoms with Gasteiger partial charge in [0.05, 0.1) is 22.2 Å². The number of benzene rings is 2. The van der Waals surface area contributed by atoms with Gasteiger partial charge in [0.15, 0.2) is 5.16 Å². The predicted molar refractivity (Wildman–Crippen MR) is 102 cm³/mol. The molecule has 1 aromatic heterocycles. The molecule has 26 heavy (non-hydrogen) atoms. The Morgan fingerprint density at radius 3 is 2.35 bits per heavy atom. The fourth-order valence-electron chi connectivity index (χ4n) is 3.14. The molecule has 0 saturated carbocycles. The van der Waals surface area contributed by atoms with E-state index in [1.165, 1.54) is 4.90 Å². The highest BCUT2D eigenvalue weighted by Gasteiger charge is 2.34. The van der Waals surface area contributed by atoms with Crippen molar-refractivity contribution in [1.29, 1.82) is 0 Å². The summed E-state index contributed by atoms with van der Waals surface area (Å²) in [5, 5.41) is 0.864. The molecule has 0 saturated heterocycles. The van der Waals surface area contributed by atoms with Crippen LogP contribution in [0.25, 0.3) is 11.0 Å². The van der Waals surface area contributed by atoms with Crippen LogP contribution in [0.5, 0.6) is 0 Å². The second kappa shape index (κ2) is 6.80. The first kappa shape index (κ1) is 16.6. The van der Waals surface area contributed by atoms with Crippen molar-refractivity contribution in [3.8, 4) is 0 Å². The van der Waals surface area contributed by atoms with Crippen LogP contribution in [0.15, 0.2) is 66.3 Å². The molecular formula is C20H17N3O2S. The Hall–Kier alpha value is -2.86. The molecule has 0 spiro atoms. The molecule has 6 heteroatoms. The van der Waals surface area contributed by atoms with E-state index in [1.54, 1.807) is 36.0 Å². The van der Waals surface area contributed by atoms with Crippen LogP contribution in [0.2, 0.25) is 0 Å². The zero-order valence-corrected chi connectivity index (χ0v) is 14.9. The van der Waals surface area contributed by atoms with E-state index in [-0.39, 0.29) is 11.8 Å². The van der Waals surface area contributed by atoms with Crippen LogP contribution in [-0.4, -0.2) is 38.6 Å². The molecule has 1 aliphatic rings. The number of allylic oxidation sites excluding steroid dienone is 1. The number of nitrogens with zero attached hydrogens (tertiary/aromatic N) is 3. The first-order valence-corrected chi connectivity index (χ1v) is 9.33. The van der Waals surface area contributed by atoms with E-state index >= 15 is 0 Å². The normalized spacial score (nSPS) is 13.5. The second-order valence-corrected chi connectivity index (χ2v) is 7.00. The summed E-state index contributed by atoms with van der Waals surface area (Å²) in [6.07, 6.45) is 1.84. The Labute approximate surface area is 155 Å². The molecule has 130 valence electrons. The average Bonchev–Trinajstić information content (AvgIpc) is 3.13. The molecule has 2 amide bonds. The molecule has 4 rings (SSSR count). The number of carbonyl (C=O) groups excluding carboxylic acids is 2. The summed E-state index contributed by atoms with van der Waals surface area (Å²) < 4.78 is 2.09. The molecule has 2 aromatic carbocycles. The minimum absolute atomic E-state index is 0.217. The maximum absolute atomic E-state index is 12.4. The van der Waals surface area contributed by atoms with Gasteiger partial charge in [0.2, 0.25) is 0 Å². The Balaban J connectivity index is 1.50. The molecule has 0 fully saturated rings. The largest absolute Gasteiger partial charge is 0.315 e. The smallest absolute Gasteiger partial charge is 0.261 e. The summed E-state index contributed by atoms with van der Waals surface area (Å²) in [4.78, 5) is 30.8. The minimum atomic E-state index is -0.217. The lowest BCUT2D eigenvalue weighted by atomic mass is 10.1. The highest BCUT2D eigenvalue weighted by molar-refractivity contribution is 7.99. The standard InChI is InChI=1S/C20H17N3O2S/c1-2-11-22-17-10-6-5-9-16(17)21-20(22)26-13-12-23-18(24)14-7-3-4-8-15(14)19(23)25/h2-10H,1,11-13H2. The predicted octanol–water partition coefficient (Wildman–Crippen LogP) is 3.61. The molecule has 3 aromatic rings. The van der Waals surface area contributed by atoms with Crippen LogP contribution in [0.1, 0.15) is 20.7 Å². The highest BCUT2D eigenvalue weighted by atomic mass is 32.2.